The summed E-state index contributed by atoms with van der Waals surface area (Å²) in [6.07, 6.45) is 14.1. The van der Waals surface area contributed by atoms with E-state index < -0.39 is 18.4 Å². The number of nitrogens with zero attached hydrogens (tertiary/aromatic N) is 1. The minimum Gasteiger partial charge on any atom is -0.437 e. The SMILES string of the molecule is CCCCC[C@@H](O)CC(=O)CCc1ccc2c(c1)O[C@@H]1[C@H](C#C[C@@H](O)c3ccc4c(c3CC3=CN=C5C[NH+]1C=C35)C=CN[C@@H]4N)CC#CO2. The smallest absolute Gasteiger partial charge is 0.251 e. The summed E-state index contributed by atoms with van der Waals surface area (Å²) in [5.41, 5.74) is 14.2. The molecule has 0 aliphatic carbocycles. The second-order valence-electron chi connectivity index (χ2n) is 13.4. The van der Waals surface area contributed by atoms with Crippen LogP contribution >= 0.6 is 0 Å². The molecule has 5 heterocycles. The van der Waals surface area contributed by atoms with Crippen LogP contribution in [0.15, 0.2) is 65.1 Å². The van der Waals surface area contributed by atoms with Crippen LogP contribution < -0.4 is 25.4 Å². The predicted octanol–water partition coefficient (Wildman–Crippen LogP) is 3.53. The van der Waals surface area contributed by atoms with Crippen LogP contribution in [-0.4, -0.2) is 40.6 Å². The highest BCUT2D eigenvalue weighted by Crippen LogP contribution is 2.36. The van der Waals surface area contributed by atoms with Crippen molar-refractivity contribution in [3.8, 4) is 35.4 Å². The summed E-state index contributed by atoms with van der Waals surface area (Å²) in [4.78, 5) is 18.6. The summed E-state index contributed by atoms with van der Waals surface area (Å²) in [5, 5.41) is 25.0. The number of carbonyl (C=O) groups is 1. The minimum atomic E-state index is -1.03. The van der Waals surface area contributed by atoms with Crippen molar-refractivity contribution in [2.24, 2.45) is 16.6 Å². The zero-order valence-electron chi connectivity index (χ0n) is 27.8. The zero-order valence-corrected chi connectivity index (χ0v) is 27.8. The molecule has 6 atom stereocenters. The van der Waals surface area contributed by atoms with Gasteiger partial charge in [0.05, 0.1) is 11.7 Å². The van der Waals surface area contributed by atoms with Crippen molar-refractivity contribution < 1.29 is 29.4 Å². The highest BCUT2D eigenvalue weighted by Gasteiger charge is 2.40. The third kappa shape index (κ3) is 7.08. The molecule has 0 saturated carbocycles. The predicted molar refractivity (Wildman–Crippen MR) is 187 cm³/mol. The van der Waals surface area contributed by atoms with Gasteiger partial charge in [0.25, 0.3) is 6.23 Å². The van der Waals surface area contributed by atoms with Gasteiger partial charge >= 0.3 is 0 Å². The number of aliphatic hydroxyl groups excluding tert-OH is 2. The van der Waals surface area contributed by atoms with Crippen molar-refractivity contribution in [1.82, 2.24) is 5.32 Å². The molecule has 2 aromatic rings. The van der Waals surface area contributed by atoms with Crippen LogP contribution in [0.3, 0.4) is 0 Å². The molecule has 0 saturated heterocycles. The van der Waals surface area contributed by atoms with Crippen LogP contribution in [-0.2, 0) is 17.6 Å². The Hall–Kier alpha value is -4.64. The molecule has 9 heteroatoms. The first-order valence-corrected chi connectivity index (χ1v) is 17.4. The van der Waals surface area contributed by atoms with Crippen molar-refractivity contribution in [2.75, 3.05) is 6.54 Å². The summed E-state index contributed by atoms with van der Waals surface area (Å²) in [6, 6.07) is 9.57. The van der Waals surface area contributed by atoms with Gasteiger partial charge in [0, 0.05) is 31.9 Å². The number of nitrogens with one attached hydrogen (secondary N) is 2. The Bertz CT molecular complexity index is 1890. The number of hydrogen-bond acceptors (Lipinski definition) is 8. The number of aryl methyl sites for hydroxylation is 1. The summed E-state index contributed by atoms with van der Waals surface area (Å²) in [6.45, 7) is 2.74. The van der Waals surface area contributed by atoms with Gasteiger partial charge in [0.2, 0.25) is 0 Å². The van der Waals surface area contributed by atoms with Crippen LogP contribution in [0.1, 0.15) is 92.0 Å². The lowest BCUT2D eigenvalue weighted by atomic mass is 9.86. The van der Waals surface area contributed by atoms with Crippen molar-refractivity contribution in [2.45, 2.75) is 89.3 Å². The molecule has 49 heavy (non-hydrogen) atoms. The molecule has 1 unspecified atom stereocenters. The van der Waals surface area contributed by atoms with Crippen LogP contribution in [0, 0.1) is 29.8 Å². The van der Waals surface area contributed by atoms with E-state index in [4.69, 9.17) is 20.2 Å². The topological polar surface area (TPSA) is 131 Å². The average molecular weight is 660 g/mol. The number of unbranched alkanes of at least 4 members (excludes halogenated alkanes) is 2. The number of ether oxygens (including phenoxy) is 2. The highest BCUT2D eigenvalue weighted by atomic mass is 16.5. The van der Waals surface area contributed by atoms with Gasteiger partial charge < -0.3 is 30.7 Å². The van der Waals surface area contributed by atoms with Gasteiger partial charge in [-0.15, -0.1) is 0 Å². The van der Waals surface area contributed by atoms with Crippen LogP contribution in [0.5, 0.6) is 11.5 Å². The van der Waals surface area contributed by atoms with E-state index in [-0.39, 0.29) is 24.3 Å². The number of carbonyl (C=O) groups excluding carboxylic acids is 1. The van der Waals surface area contributed by atoms with Gasteiger partial charge in [-0.3, -0.25) is 14.7 Å². The van der Waals surface area contributed by atoms with Crippen LogP contribution in [0.25, 0.3) is 6.08 Å². The molecule has 9 nitrogen and oxygen atoms in total. The van der Waals surface area contributed by atoms with Gasteiger partial charge in [0.1, 0.15) is 48.5 Å². The van der Waals surface area contributed by atoms with E-state index in [0.29, 0.717) is 50.1 Å². The van der Waals surface area contributed by atoms with E-state index in [1.54, 1.807) is 0 Å². The Morgan fingerprint density at radius 1 is 1.18 bits per heavy atom. The fourth-order valence-electron chi connectivity index (χ4n) is 7.25. The van der Waals surface area contributed by atoms with E-state index >= 15 is 0 Å². The van der Waals surface area contributed by atoms with Gasteiger partial charge in [-0.2, -0.15) is 0 Å². The fourth-order valence-corrected chi connectivity index (χ4v) is 7.25. The van der Waals surface area contributed by atoms with Gasteiger partial charge in [0.15, 0.2) is 11.5 Å². The van der Waals surface area contributed by atoms with Gasteiger partial charge in [-0.25, -0.2) is 0 Å². The number of quaternary nitrogens is 1. The summed E-state index contributed by atoms with van der Waals surface area (Å²) < 4.78 is 12.7. The lowest BCUT2D eigenvalue weighted by molar-refractivity contribution is -0.886. The molecule has 2 bridgehead atoms. The van der Waals surface area contributed by atoms with Gasteiger partial charge in [-0.05, 0) is 70.6 Å². The fraction of sp³-hybridized carbons (Fsp3) is 0.400. The molecule has 6 N–H and O–H groups in total. The Labute approximate surface area is 287 Å². The number of aliphatic imine (C=N–C) groups is 1. The zero-order chi connectivity index (χ0) is 33.9. The quantitative estimate of drug-likeness (QED) is 0.206. The molecular formula is C40H43N4O5+. The maximum atomic E-state index is 12.7. The van der Waals surface area contributed by atoms with Crippen LogP contribution in [0.2, 0.25) is 0 Å². The van der Waals surface area contributed by atoms with Crippen molar-refractivity contribution >= 4 is 17.6 Å². The number of benzene rings is 2. The molecule has 7 rings (SSSR count). The maximum absolute atomic E-state index is 12.7. The Morgan fingerprint density at radius 3 is 2.94 bits per heavy atom. The Morgan fingerprint density at radius 2 is 2.06 bits per heavy atom. The number of ketones is 1. The first-order chi connectivity index (χ1) is 23.9. The number of aliphatic hydroxyl groups is 2. The van der Waals surface area contributed by atoms with Crippen molar-refractivity contribution in [1.29, 1.82) is 0 Å². The second kappa shape index (κ2) is 14.5. The molecule has 0 radical (unpaired) electrons. The second-order valence-corrected chi connectivity index (χ2v) is 13.4. The molecule has 5 aliphatic heterocycles. The summed E-state index contributed by atoms with van der Waals surface area (Å²) in [5.74, 6) is 10.3. The summed E-state index contributed by atoms with van der Waals surface area (Å²) in [7, 11) is 0. The molecular weight excluding hydrogens is 616 g/mol. The largest absolute Gasteiger partial charge is 0.437 e. The molecule has 0 fully saturated rings. The van der Waals surface area contributed by atoms with E-state index in [2.05, 4.69) is 42.3 Å². The lowest BCUT2D eigenvalue weighted by Gasteiger charge is -2.28. The highest BCUT2D eigenvalue weighted by molar-refractivity contribution is 6.08. The number of hydrogen-bond donors (Lipinski definition) is 5. The third-order valence-corrected chi connectivity index (χ3v) is 9.93. The monoisotopic (exact) mass is 659 g/mol. The molecule has 5 aliphatic rings. The molecule has 0 aromatic heterocycles. The molecule has 252 valence electrons. The maximum Gasteiger partial charge on any atom is 0.251 e. The average Bonchev–Trinajstić information content (AvgIpc) is 3.70. The number of allylic oxidation sites excluding steroid dienone is 1. The Balaban J connectivity index is 1.18. The standard InChI is InChI=1S/C40H42N4O5/c1-2-3-4-7-28(45)21-29(46)11-8-25-9-15-37-38(19-25)49-40-26(6-5-18-48-37)10-14-36(47)31-12-13-32-30(16-17-42-39(32)41)33(31)20-27-22-43-35-24-44(40)23-34(27)35/h9,12-13,15-17,19,22-23,26,28,36,39-40,42,45,47H,2-4,6-8,11,20-21,24,41H2,1H3/p+1/t26-,28+,36+,39-,40+/m0/s1. The number of rotatable bonds is 9. The minimum absolute atomic E-state index is 0.0470. The van der Waals surface area contributed by atoms with Crippen molar-refractivity contribution in [3.05, 3.63) is 87.9 Å². The van der Waals surface area contributed by atoms with E-state index in [1.165, 1.54) is 0 Å². The first-order valence-electron chi connectivity index (χ1n) is 17.4. The van der Waals surface area contributed by atoms with Crippen LogP contribution in [0.4, 0.5) is 0 Å². The van der Waals surface area contributed by atoms with E-state index in [1.807, 2.05) is 48.8 Å². The number of nitrogens with two attached hydrogens (primary N) is 1. The summed E-state index contributed by atoms with van der Waals surface area (Å²) >= 11 is 0. The number of Topliss-reactive ketones (excluding diaryl/α,β-unsaturated/α-hetero) is 1. The third-order valence-electron chi connectivity index (χ3n) is 9.93. The normalized spacial score (nSPS) is 24.8. The van der Waals surface area contributed by atoms with E-state index in [0.717, 1.165) is 68.8 Å². The number of fused-ring (bicyclic) bond motifs is 7. The Kier molecular flexibility index (Phi) is 9.70. The first kappa shape index (κ1) is 32.9. The van der Waals surface area contributed by atoms with Gasteiger partial charge in [-0.1, -0.05) is 62.1 Å². The lowest BCUT2D eigenvalue weighted by Crippen LogP contribution is -3.13. The molecule has 0 spiro atoms. The van der Waals surface area contributed by atoms with Crippen molar-refractivity contribution in [3.63, 3.8) is 0 Å². The molecule has 0 amide bonds. The molecule has 2 aromatic carbocycles. The van der Waals surface area contributed by atoms with E-state index in [9.17, 15) is 15.0 Å².